The van der Waals surface area contributed by atoms with Crippen LogP contribution in [0.5, 0.6) is 0 Å². The van der Waals surface area contributed by atoms with E-state index in [2.05, 4.69) is 69.4 Å². The summed E-state index contributed by atoms with van der Waals surface area (Å²) in [6.45, 7) is 13.2. The van der Waals surface area contributed by atoms with Gasteiger partial charge in [-0.25, -0.2) is 9.97 Å². The first-order chi connectivity index (χ1) is 17.0. The van der Waals surface area contributed by atoms with Gasteiger partial charge in [0.1, 0.15) is 0 Å². The van der Waals surface area contributed by atoms with Crippen LogP contribution >= 0.6 is 0 Å². The van der Waals surface area contributed by atoms with Gasteiger partial charge in [-0.15, -0.1) is 0 Å². The minimum atomic E-state index is 0.342. The fourth-order valence-electron chi connectivity index (χ4n) is 6.18. The molecule has 1 aromatic carbocycles. The normalized spacial score (nSPS) is 18.3. The second-order valence-electron chi connectivity index (χ2n) is 11.1. The number of fused-ring (bicyclic) bond motifs is 5. The molecular weight excluding hydrogens is 432 g/mol. The monoisotopic (exact) mass is 468 g/mol. The van der Waals surface area contributed by atoms with Gasteiger partial charge in [0.25, 0.3) is 0 Å². The summed E-state index contributed by atoms with van der Waals surface area (Å²) in [5.74, 6) is 0.854. The number of rotatable bonds is 5. The van der Waals surface area contributed by atoms with Crippen molar-refractivity contribution in [2.75, 3.05) is 37.6 Å². The molecule has 0 radical (unpaired) electrons. The minimum absolute atomic E-state index is 0.342. The third-order valence-corrected chi connectivity index (χ3v) is 8.03. The van der Waals surface area contributed by atoms with E-state index in [-0.39, 0.29) is 0 Å². The summed E-state index contributed by atoms with van der Waals surface area (Å²) < 4.78 is 2.56. The molecule has 0 amide bonds. The van der Waals surface area contributed by atoms with Crippen molar-refractivity contribution in [3.05, 3.63) is 59.7 Å². The molecule has 1 aliphatic carbocycles. The number of aryl methyl sites for hydroxylation is 3. The quantitative estimate of drug-likeness (QED) is 0.412. The molecule has 0 N–H and O–H groups in total. The Morgan fingerprint density at radius 1 is 0.943 bits per heavy atom. The van der Waals surface area contributed by atoms with Gasteiger partial charge in [-0.1, -0.05) is 32.0 Å². The van der Waals surface area contributed by atoms with Crippen molar-refractivity contribution in [3.8, 4) is 0 Å². The van der Waals surface area contributed by atoms with Gasteiger partial charge in [0.05, 0.1) is 11.2 Å². The summed E-state index contributed by atoms with van der Waals surface area (Å²) in [6, 6.07) is 10.9. The van der Waals surface area contributed by atoms with E-state index < -0.39 is 0 Å². The molecule has 4 heterocycles. The number of para-hydroxylation sites is 1. The highest BCUT2D eigenvalue weighted by Gasteiger charge is 2.30. The van der Waals surface area contributed by atoms with Crippen molar-refractivity contribution in [1.29, 1.82) is 0 Å². The molecule has 4 aromatic rings. The number of pyridine rings is 1. The Bertz CT molecular complexity index is 1350. The molecule has 1 fully saturated rings. The maximum atomic E-state index is 5.18. The van der Waals surface area contributed by atoms with Gasteiger partial charge in [-0.2, -0.15) is 0 Å². The van der Waals surface area contributed by atoms with Gasteiger partial charge < -0.3 is 9.47 Å². The number of piperazine rings is 1. The van der Waals surface area contributed by atoms with E-state index in [4.69, 9.17) is 4.98 Å². The van der Waals surface area contributed by atoms with E-state index in [9.17, 15) is 0 Å². The summed E-state index contributed by atoms with van der Waals surface area (Å²) in [5.41, 5.74) is 7.07. The molecule has 0 saturated carbocycles. The van der Waals surface area contributed by atoms with Gasteiger partial charge in [0.2, 0.25) is 5.95 Å². The van der Waals surface area contributed by atoms with E-state index in [1.165, 1.54) is 45.2 Å². The molecule has 3 aromatic heterocycles. The third kappa shape index (κ3) is 4.18. The fourth-order valence-corrected chi connectivity index (χ4v) is 6.18. The van der Waals surface area contributed by atoms with Crippen molar-refractivity contribution < 1.29 is 0 Å². The van der Waals surface area contributed by atoms with E-state index >= 15 is 0 Å². The molecule has 6 nitrogen and oxygen atoms in total. The summed E-state index contributed by atoms with van der Waals surface area (Å²) in [5, 5.41) is 2.87. The van der Waals surface area contributed by atoms with Crippen molar-refractivity contribution in [2.45, 2.75) is 53.0 Å². The zero-order valence-corrected chi connectivity index (χ0v) is 21.3. The van der Waals surface area contributed by atoms with E-state index in [0.29, 0.717) is 5.41 Å². The standard InChI is InChI=1S/C29H36N6/c1-21-27-26(22-10-11-29(2,3)20-24(22)32-21)23-8-4-5-9-25(23)35(27)15-7-14-33-16-18-34(19-17-33)28-30-12-6-13-31-28/h4-6,8-9,12-13H,7,10-11,14-20H2,1-3H3. The lowest BCUT2D eigenvalue weighted by molar-refractivity contribution is 0.250. The lowest BCUT2D eigenvalue weighted by atomic mass is 9.75. The second kappa shape index (κ2) is 8.90. The van der Waals surface area contributed by atoms with Crippen LogP contribution in [0.3, 0.4) is 0 Å². The van der Waals surface area contributed by atoms with Crippen LogP contribution in [0, 0.1) is 12.3 Å². The van der Waals surface area contributed by atoms with Gasteiger partial charge in [-0.05, 0) is 62.3 Å². The van der Waals surface area contributed by atoms with E-state index in [0.717, 1.165) is 64.5 Å². The maximum absolute atomic E-state index is 5.18. The predicted molar refractivity (Wildman–Crippen MR) is 143 cm³/mol. The molecule has 1 saturated heterocycles. The topological polar surface area (TPSA) is 50.1 Å². The SMILES string of the molecule is Cc1nc2c(c3c4ccccc4n(CCCN4CCN(c5ncccn5)CC4)c13)CCC(C)(C)C2. The van der Waals surface area contributed by atoms with Crippen LogP contribution in [0.25, 0.3) is 21.8 Å². The van der Waals surface area contributed by atoms with Crippen molar-refractivity contribution in [2.24, 2.45) is 5.41 Å². The summed E-state index contributed by atoms with van der Waals surface area (Å²) in [4.78, 5) is 18.9. The van der Waals surface area contributed by atoms with Gasteiger partial charge in [0.15, 0.2) is 0 Å². The maximum Gasteiger partial charge on any atom is 0.225 e. The van der Waals surface area contributed by atoms with Gasteiger partial charge in [0, 0.05) is 67.1 Å². The lowest BCUT2D eigenvalue weighted by Crippen LogP contribution is -2.47. The first-order valence-corrected chi connectivity index (χ1v) is 13.1. The van der Waals surface area contributed by atoms with Gasteiger partial charge in [-0.3, -0.25) is 9.88 Å². The van der Waals surface area contributed by atoms with E-state index in [1.54, 1.807) is 0 Å². The molecule has 182 valence electrons. The average molecular weight is 469 g/mol. The summed E-state index contributed by atoms with van der Waals surface area (Å²) >= 11 is 0. The molecule has 0 unspecified atom stereocenters. The highest BCUT2D eigenvalue weighted by Crippen LogP contribution is 2.41. The number of aromatic nitrogens is 4. The number of benzene rings is 1. The smallest absolute Gasteiger partial charge is 0.225 e. The van der Waals surface area contributed by atoms with Crippen LogP contribution in [0.15, 0.2) is 42.7 Å². The van der Waals surface area contributed by atoms with Crippen LogP contribution < -0.4 is 4.90 Å². The Kier molecular flexibility index (Phi) is 5.72. The van der Waals surface area contributed by atoms with Crippen molar-refractivity contribution in [1.82, 2.24) is 24.4 Å². The van der Waals surface area contributed by atoms with E-state index in [1.807, 2.05) is 18.5 Å². The summed E-state index contributed by atoms with van der Waals surface area (Å²) in [7, 11) is 0. The van der Waals surface area contributed by atoms with Crippen LogP contribution in [0.2, 0.25) is 0 Å². The molecule has 0 spiro atoms. The molecular formula is C29H36N6. The molecule has 0 bridgehead atoms. The summed E-state index contributed by atoms with van der Waals surface area (Å²) in [6.07, 6.45) is 8.25. The average Bonchev–Trinajstić information content (AvgIpc) is 3.20. The van der Waals surface area contributed by atoms with Crippen LogP contribution in [-0.4, -0.2) is 57.1 Å². The third-order valence-electron chi connectivity index (χ3n) is 8.03. The molecule has 0 atom stereocenters. The largest absolute Gasteiger partial charge is 0.339 e. The fraction of sp³-hybridized carbons (Fsp3) is 0.483. The first-order valence-electron chi connectivity index (χ1n) is 13.1. The molecule has 6 heteroatoms. The zero-order chi connectivity index (χ0) is 24.0. The van der Waals surface area contributed by atoms with Gasteiger partial charge >= 0.3 is 0 Å². The first kappa shape index (κ1) is 22.5. The predicted octanol–water partition coefficient (Wildman–Crippen LogP) is 5.02. The zero-order valence-electron chi connectivity index (χ0n) is 21.3. The van der Waals surface area contributed by atoms with Crippen LogP contribution in [-0.2, 0) is 19.4 Å². The molecule has 1 aliphatic heterocycles. The Balaban J connectivity index is 1.22. The highest BCUT2D eigenvalue weighted by molar-refractivity contribution is 6.10. The number of hydrogen-bond donors (Lipinski definition) is 0. The Morgan fingerprint density at radius 2 is 1.71 bits per heavy atom. The van der Waals surface area contributed by atoms with Crippen molar-refractivity contribution in [3.63, 3.8) is 0 Å². The number of anilines is 1. The van der Waals surface area contributed by atoms with Crippen molar-refractivity contribution >= 4 is 27.8 Å². The van der Waals surface area contributed by atoms with Crippen LogP contribution in [0.1, 0.15) is 43.6 Å². The minimum Gasteiger partial charge on any atom is -0.339 e. The Morgan fingerprint density at radius 3 is 2.51 bits per heavy atom. The Labute approximate surface area is 208 Å². The number of hydrogen-bond acceptors (Lipinski definition) is 5. The lowest BCUT2D eigenvalue weighted by Gasteiger charge is -2.34. The van der Waals surface area contributed by atoms with Crippen LogP contribution in [0.4, 0.5) is 5.95 Å². The Hall–Kier alpha value is -2.99. The molecule has 6 rings (SSSR count). The molecule has 2 aliphatic rings. The highest BCUT2D eigenvalue weighted by atomic mass is 15.3. The molecule has 35 heavy (non-hydrogen) atoms. The number of nitrogens with zero attached hydrogens (tertiary/aromatic N) is 6. The second-order valence-corrected chi connectivity index (χ2v) is 11.1.